The fraction of sp³-hybridized carbons (Fsp3) is 0.394. The highest BCUT2D eigenvalue weighted by Crippen LogP contribution is 2.27. The monoisotopic (exact) mass is 539 g/mol. The van der Waals surface area contributed by atoms with E-state index in [0.717, 1.165) is 85.1 Å². The summed E-state index contributed by atoms with van der Waals surface area (Å²) < 4.78 is 8.08. The minimum atomic E-state index is -0.182. The minimum absolute atomic E-state index is 0.0344. The summed E-state index contributed by atoms with van der Waals surface area (Å²) in [5, 5.41) is 2.98. The van der Waals surface area contributed by atoms with Crippen LogP contribution in [0.5, 0.6) is 5.75 Å². The first-order valence-electron chi connectivity index (χ1n) is 14.3. The van der Waals surface area contributed by atoms with Crippen molar-refractivity contribution >= 4 is 22.6 Å². The van der Waals surface area contributed by atoms with Crippen molar-refractivity contribution in [3.8, 4) is 5.75 Å². The molecule has 1 aromatic heterocycles. The van der Waals surface area contributed by atoms with Crippen molar-refractivity contribution in [1.82, 2.24) is 19.4 Å². The number of piperazine rings is 1. The van der Waals surface area contributed by atoms with Crippen molar-refractivity contribution in [3.05, 3.63) is 89.2 Å². The second-order valence-electron chi connectivity index (χ2n) is 11.2. The molecule has 7 nitrogen and oxygen atoms in total. The van der Waals surface area contributed by atoms with E-state index in [9.17, 15) is 4.79 Å². The van der Waals surface area contributed by atoms with Gasteiger partial charge < -0.3 is 19.5 Å². The lowest BCUT2D eigenvalue weighted by Gasteiger charge is -2.34. The van der Waals surface area contributed by atoms with Crippen LogP contribution in [0.25, 0.3) is 11.0 Å². The van der Waals surface area contributed by atoms with Crippen molar-refractivity contribution in [1.29, 1.82) is 0 Å². The lowest BCUT2D eigenvalue weighted by atomic mass is 10.0. The summed E-state index contributed by atoms with van der Waals surface area (Å²) in [6, 6.07) is 22.8. The van der Waals surface area contributed by atoms with Gasteiger partial charge in [0.15, 0.2) is 6.61 Å². The van der Waals surface area contributed by atoms with Crippen LogP contribution >= 0.6 is 0 Å². The van der Waals surface area contributed by atoms with Gasteiger partial charge in [0.2, 0.25) is 0 Å². The van der Waals surface area contributed by atoms with E-state index >= 15 is 0 Å². The van der Waals surface area contributed by atoms with Gasteiger partial charge in [-0.25, -0.2) is 4.98 Å². The van der Waals surface area contributed by atoms with Gasteiger partial charge in [-0.1, -0.05) is 56.3 Å². The van der Waals surface area contributed by atoms with Gasteiger partial charge in [0, 0.05) is 58.4 Å². The molecule has 0 unspecified atom stereocenters. The number of rotatable bonds is 10. The predicted octanol–water partition coefficient (Wildman–Crippen LogP) is 5.38. The highest BCUT2D eigenvalue weighted by atomic mass is 16.5. The first kappa shape index (κ1) is 27.9. The van der Waals surface area contributed by atoms with Crippen LogP contribution in [0.4, 0.5) is 5.69 Å². The van der Waals surface area contributed by atoms with E-state index in [2.05, 4.69) is 83.0 Å². The lowest BCUT2D eigenvalue weighted by Crippen LogP contribution is -2.46. The quantitative estimate of drug-likeness (QED) is 0.293. The number of carbonyl (C=O) groups excluding carboxylic acids is 1. The zero-order valence-electron chi connectivity index (χ0n) is 24.2. The van der Waals surface area contributed by atoms with Gasteiger partial charge >= 0.3 is 0 Å². The van der Waals surface area contributed by atoms with E-state index < -0.39 is 0 Å². The van der Waals surface area contributed by atoms with Crippen LogP contribution in [0.1, 0.15) is 42.3 Å². The number of aromatic nitrogens is 2. The van der Waals surface area contributed by atoms with Crippen LogP contribution in [0.2, 0.25) is 0 Å². The Morgan fingerprint density at radius 1 is 0.975 bits per heavy atom. The van der Waals surface area contributed by atoms with Crippen molar-refractivity contribution < 1.29 is 9.53 Å². The Morgan fingerprint density at radius 2 is 1.73 bits per heavy atom. The summed E-state index contributed by atoms with van der Waals surface area (Å²) in [7, 11) is 2.07. The third-order valence-corrected chi connectivity index (χ3v) is 7.77. The Labute approximate surface area is 237 Å². The molecule has 210 valence electrons. The second kappa shape index (κ2) is 12.7. The second-order valence-corrected chi connectivity index (χ2v) is 11.2. The van der Waals surface area contributed by atoms with Gasteiger partial charge in [-0.05, 0) is 53.8 Å². The van der Waals surface area contributed by atoms with Gasteiger partial charge in [-0.15, -0.1) is 0 Å². The minimum Gasteiger partial charge on any atom is -0.483 e. The van der Waals surface area contributed by atoms with Gasteiger partial charge in [0.05, 0.1) is 11.0 Å². The van der Waals surface area contributed by atoms with Crippen LogP contribution in [-0.2, 0) is 24.8 Å². The summed E-state index contributed by atoms with van der Waals surface area (Å²) in [6.45, 7) is 12.6. The van der Waals surface area contributed by atoms with E-state index in [1.165, 1.54) is 5.56 Å². The average molecular weight is 540 g/mol. The van der Waals surface area contributed by atoms with Gasteiger partial charge in [-0.3, -0.25) is 9.69 Å². The van der Waals surface area contributed by atoms with Crippen molar-refractivity contribution in [2.24, 2.45) is 7.05 Å². The summed E-state index contributed by atoms with van der Waals surface area (Å²) in [5.74, 6) is 1.98. The smallest absolute Gasteiger partial charge is 0.262 e. The van der Waals surface area contributed by atoms with Crippen LogP contribution in [0.15, 0.2) is 66.7 Å². The topological polar surface area (TPSA) is 62.6 Å². The first-order valence-corrected chi connectivity index (χ1v) is 14.3. The number of nitrogens with zero attached hydrogens (tertiary/aromatic N) is 4. The van der Waals surface area contributed by atoms with Crippen LogP contribution < -0.4 is 10.1 Å². The van der Waals surface area contributed by atoms with E-state index in [4.69, 9.17) is 9.72 Å². The van der Waals surface area contributed by atoms with Crippen LogP contribution in [0.3, 0.4) is 0 Å². The van der Waals surface area contributed by atoms with E-state index in [-0.39, 0.29) is 12.5 Å². The number of carbonyl (C=O) groups is 1. The van der Waals surface area contributed by atoms with Crippen molar-refractivity contribution in [2.75, 3.05) is 44.6 Å². The molecule has 5 rings (SSSR count). The molecule has 1 aliphatic rings. The molecule has 40 heavy (non-hydrogen) atoms. The molecular formula is C33H41N5O2. The largest absolute Gasteiger partial charge is 0.483 e. The van der Waals surface area contributed by atoms with E-state index in [1.54, 1.807) is 0 Å². The Bertz CT molecular complexity index is 1440. The molecule has 7 heteroatoms. The number of amides is 1. The Balaban J connectivity index is 1.13. The Morgan fingerprint density at radius 3 is 2.48 bits per heavy atom. The number of benzene rings is 3. The number of fused-ring (bicyclic) bond motifs is 1. The van der Waals surface area contributed by atoms with Crippen molar-refractivity contribution in [3.63, 3.8) is 0 Å². The summed E-state index contributed by atoms with van der Waals surface area (Å²) >= 11 is 0. The summed E-state index contributed by atoms with van der Waals surface area (Å²) in [6.07, 6.45) is 0.897. The van der Waals surface area contributed by atoms with E-state index in [0.29, 0.717) is 5.92 Å². The molecule has 0 saturated carbocycles. The first-order chi connectivity index (χ1) is 19.4. The third kappa shape index (κ3) is 6.90. The molecule has 2 heterocycles. The number of anilines is 1. The summed E-state index contributed by atoms with van der Waals surface area (Å²) in [4.78, 5) is 22.7. The zero-order valence-corrected chi connectivity index (χ0v) is 24.2. The molecule has 1 saturated heterocycles. The van der Waals surface area contributed by atoms with Gasteiger partial charge in [0.25, 0.3) is 5.91 Å². The maximum Gasteiger partial charge on any atom is 0.262 e. The zero-order chi connectivity index (χ0) is 28.1. The molecule has 1 amide bonds. The molecular weight excluding hydrogens is 498 g/mol. The number of imidazole rings is 1. The van der Waals surface area contributed by atoms with Crippen LogP contribution in [0, 0.1) is 6.92 Å². The lowest BCUT2D eigenvalue weighted by molar-refractivity contribution is -0.118. The summed E-state index contributed by atoms with van der Waals surface area (Å²) in [5.41, 5.74) is 6.29. The molecule has 0 aliphatic carbocycles. The molecule has 0 spiro atoms. The maximum atomic E-state index is 12.7. The van der Waals surface area contributed by atoms with Gasteiger partial charge in [-0.2, -0.15) is 0 Å². The number of aryl methyl sites for hydroxylation is 2. The number of hydrogen-bond acceptors (Lipinski definition) is 5. The maximum absolute atomic E-state index is 12.7. The highest BCUT2D eigenvalue weighted by Gasteiger charge is 2.18. The molecule has 0 radical (unpaired) electrons. The molecule has 1 fully saturated rings. The Hall–Kier alpha value is -3.68. The Kier molecular flexibility index (Phi) is 8.82. The molecule has 0 atom stereocenters. The number of nitrogens with one attached hydrogen (secondary N) is 1. The predicted molar refractivity (Wildman–Crippen MR) is 162 cm³/mol. The SMILES string of the molecule is Cc1ccc(C(C)C)c(OCC(=O)Nc2ccc3c(c2)nc(CCN2CCN(Cc4ccccc4)CC2)n3C)c1. The average Bonchev–Trinajstić information content (AvgIpc) is 3.26. The van der Waals surface area contributed by atoms with Crippen LogP contribution in [-0.4, -0.2) is 64.6 Å². The van der Waals surface area contributed by atoms with Gasteiger partial charge in [0.1, 0.15) is 11.6 Å². The highest BCUT2D eigenvalue weighted by molar-refractivity contribution is 5.94. The standard InChI is InChI=1S/C33H41N5O2/c1-24(2)28-12-10-25(3)20-31(28)40-23-33(39)34-27-11-13-30-29(21-27)35-32(36(30)4)14-15-37-16-18-38(19-17-37)22-26-8-6-5-7-9-26/h5-13,20-21,24H,14-19,22-23H2,1-4H3,(H,34,39). The fourth-order valence-electron chi connectivity index (χ4n) is 5.41. The molecule has 4 aromatic rings. The molecule has 3 aromatic carbocycles. The molecule has 0 bridgehead atoms. The molecule has 1 aliphatic heterocycles. The fourth-order valence-corrected chi connectivity index (χ4v) is 5.41. The third-order valence-electron chi connectivity index (χ3n) is 7.77. The van der Waals surface area contributed by atoms with E-state index in [1.807, 2.05) is 31.2 Å². The normalized spacial score (nSPS) is 14.6. The number of hydrogen-bond donors (Lipinski definition) is 1. The molecule has 1 N–H and O–H groups in total. The number of ether oxygens (including phenoxy) is 1. The van der Waals surface area contributed by atoms with Crippen molar-refractivity contribution in [2.45, 2.75) is 39.7 Å².